The molecule has 1 aromatic carbocycles. The molecule has 19 heavy (non-hydrogen) atoms. The maximum Gasteiger partial charge on any atom is 0.127 e. The lowest BCUT2D eigenvalue weighted by Gasteiger charge is -2.15. The zero-order valence-electron chi connectivity index (χ0n) is 11.9. The fourth-order valence-corrected chi connectivity index (χ4v) is 2.46. The summed E-state index contributed by atoms with van der Waals surface area (Å²) in [6.45, 7) is 5.51. The summed E-state index contributed by atoms with van der Waals surface area (Å²) in [5.74, 6) is 1.71. The molecule has 1 N–H and O–H groups in total. The molecule has 0 amide bonds. The normalized spacial score (nSPS) is 15.7. The van der Waals surface area contributed by atoms with Crippen LogP contribution < -0.4 is 14.8 Å². The second-order valence-corrected chi connectivity index (χ2v) is 4.90. The number of rotatable bonds is 7. The van der Waals surface area contributed by atoms with Gasteiger partial charge >= 0.3 is 0 Å². The van der Waals surface area contributed by atoms with Crippen LogP contribution in [-0.4, -0.2) is 45.3 Å². The molecule has 0 bridgehead atoms. The third-order valence-corrected chi connectivity index (χ3v) is 3.61. The van der Waals surface area contributed by atoms with E-state index in [1.807, 2.05) is 12.1 Å². The Labute approximate surface area is 115 Å². The molecule has 1 saturated heterocycles. The fraction of sp³-hybridized carbons (Fsp3) is 0.600. The van der Waals surface area contributed by atoms with E-state index in [0.717, 1.165) is 31.1 Å². The Morgan fingerprint density at radius 1 is 1.16 bits per heavy atom. The molecule has 4 heteroatoms. The van der Waals surface area contributed by atoms with Crippen LogP contribution in [0.2, 0.25) is 0 Å². The van der Waals surface area contributed by atoms with E-state index in [0.29, 0.717) is 0 Å². The number of ether oxygens (including phenoxy) is 2. The minimum Gasteiger partial charge on any atom is -0.497 e. The van der Waals surface area contributed by atoms with Crippen LogP contribution in [0.1, 0.15) is 18.4 Å². The lowest BCUT2D eigenvalue weighted by molar-refractivity contribution is 0.334. The minimum absolute atomic E-state index is 0.831. The second kappa shape index (κ2) is 7.36. The lowest BCUT2D eigenvalue weighted by Crippen LogP contribution is -2.29. The van der Waals surface area contributed by atoms with Crippen molar-refractivity contribution in [3.05, 3.63) is 23.8 Å². The zero-order valence-corrected chi connectivity index (χ0v) is 11.9. The van der Waals surface area contributed by atoms with E-state index in [1.165, 1.54) is 31.5 Å². The number of nitrogens with zero attached hydrogens (tertiary/aromatic N) is 1. The van der Waals surface area contributed by atoms with Gasteiger partial charge in [0.25, 0.3) is 0 Å². The summed E-state index contributed by atoms with van der Waals surface area (Å²) in [6.07, 6.45) is 2.71. The van der Waals surface area contributed by atoms with Gasteiger partial charge in [-0.15, -0.1) is 0 Å². The van der Waals surface area contributed by atoms with Crippen LogP contribution in [0.3, 0.4) is 0 Å². The summed E-state index contributed by atoms with van der Waals surface area (Å²) in [5, 5.41) is 3.48. The van der Waals surface area contributed by atoms with Gasteiger partial charge in [-0.3, -0.25) is 0 Å². The highest BCUT2D eigenvalue weighted by atomic mass is 16.5. The topological polar surface area (TPSA) is 33.7 Å². The van der Waals surface area contributed by atoms with Crippen LogP contribution in [0.5, 0.6) is 11.5 Å². The number of methoxy groups -OCH3 is 2. The van der Waals surface area contributed by atoms with Crippen LogP contribution >= 0.6 is 0 Å². The molecule has 0 aromatic heterocycles. The van der Waals surface area contributed by atoms with Crippen molar-refractivity contribution in [2.45, 2.75) is 19.4 Å². The molecule has 1 heterocycles. The number of hydrogen-bond acceptors (Lipinski definition) is 4. The Morgan fingerprint density at radius 2 is 1.95 bits per heavy atom. The van der Waals surface area contributed by atoms with Crippen molar-refractivity contribution in [3.8, 4) is 11.5 Å². The Hall–Kier alpha value is -1.26. The number of nitrogens with one attached hydrogen (secondary N) is 1. The molecule has 0 radical (unpaired) electrons. The summed E-state index contributed by atoms with van der Waals surface area (Å²) >= 11 is 0. The Bertz CT molecular complexity index is 390. The summed E-state index contributed by atoms with van der Waals surface area (Å²) in [6, 6.07) is 5.96. The van der Waals surface area contributed by atoms with Crippen molar-refractivity contribution in [3.63, 3.8) is 0 Å². The van der Waals surface area contributed by atoms with E-state index in [9.17, 15) is 0 Å². The molecule has 1 aromatic rings. The lowest BCUT2D eigenvalue weighted by atomic mass is 10.2. The Balaban J connectivity index is 1.78. The first-order chi connectivity index (χ1) is 9.33. The molecule has 2 rings (SSSR count). The first-order valence-electron chi connectivity index (χ1n) is 6.97. The van der Waals surface area contributed by atoms with E-state index in [-0.39, 0.29) is 0 Å². The van der Waals surface area contributed by atoms with Crippen molar-refractivity contribution >= 4 is 0 Å². The average Bonchev–Trinajstić information content (AvgIpc) is 2.96. The third kappa shape index (κ3) is 4.11. The van der Waals surface area contributed by atoms with Gasteiger partial charge in [0.2, 0.25) is 0 Å². The van der Waals surface area contributed by atoms with E-state index in [2.05, 4.69) is 16.3 Å². The first kappa shape index (κ1) is 14.2. The summed E-state index contributed by atoms with van der Waals surface area (Å²) in [4.78, 5) is 2.51. The summed E-state index contributed by atoms with van der Waals surface area (Å²) < 4.78 is 10.6. The van der Waals surface area contributed by atoms with E-state index in [4.69, 9.17) is 9.47 Å². The van der Waals surface area contributed by atoms with Crippen LogP contribution in [0, 0.1) is 0 Å². The van der Waals surface area contributed by atoms with Gasteiger partial charge in [0.15, 0.2) is 0 Å². The zero-order chi connectivity index (χ0) is 13.5. The second-order valence-electron chi connectivity index (χ2n) is 4.90. The Morgan fingerprint density at radius 3 is 2.63 bits per heavy atom. The Kier molecular flexibility index (Phi) is 5.48. The monoisotopic (exact) mass is 264 g/mol. The highest BCUT2D eigenvalue weighted by Gasteiger charge is 2.10. The van der Waals surface area contributed by atoms with Gasteiger partial charge in [-0.1, -0.05) is 6.07 Å². The predicted molar refractivity (Wildman–Crippen MR) is 76.9 cm³/mol. The van der Waals surface area contributed by atoms with Crippen molar-refractivity contribution in [1.29, 1.82) is 0 Å². The quantitative estimate of drug-likeness (QED) is 0.763. The molecule has 0 aliphatic carbocycles. The maximum absolute atomic E-state index is 5.39. The molecule has 1 aliphatic rings. The highest BCUT2D eigenvalue weighted by Crippen LogP contribution is 2.24. The van der Waals surface area contributed by atoms with Gasteiger partial charge in [0, 0.05) is 31.3 Å². The van der Waals surface area contributed by atoms with Gasteiger partial charge in [-0.05, 0) is 32.0 Å². The number of benzene rings is 1. The van der Waals surface area contributed by atoms with Crippen LogP contribution in [0.25, 0.3) is 0 Å². The van der Waals surface area contributed by atoms with Gasteiger partial charge in [0.05, 0.1) is 14.2 Å². The molecule has 1 aliphatic heterocycles. The predicted octanol–water partition coefficient (Wildman–Crippen LogP) is 1.89. The molecule has 0 saturated carbocycles. The summed E-state index contributed by atoms with van der Waals surface area (Å²) in [5.41, 5.74) is 1.17. The molecule has 4 nitrogen and oxygen atoms in total. The maximum atomic E-state index is 5.39. The van der Waals surface area contributed by atoms with Crippen molar-refractivity contribution in [2.75, 3.05) is 40.4 Å². The fourth-order valence-electron chi connectivity index (χ4n) is 2.46. The molecular formula is C15H24N2O2. The molecule has 0 unspecified atom stereocenters. The molecule has 0 atom stereocenters. The first-order valence-corrected chi connectivity index (χ1v) is 6.97. The van der Waals surface area contributed by atoms with Gasteiger partial charge in [0.1, 0.15) is 11.5 Å². The van der Waals surface area contributed by atoms with Crippen LogP contribution in [0.15, 0.2) is 18.2 Å². The van der Waals surface area contributed by atoms with Gasteiger partial charge < -0.3 is 19.7 Å². The van der Waals surface area contributed by atoms with Crippen LogP contribution in [-0.2, 0) is 6.54 Å². The van der Waals surface area contributed by atoms with E-state index < -0.39 is 0 Å². The van der Waals surface area contributed by atoms with Crippen molar-refractivity contribution in [1.82, 2.24) is 10.2 Å². The van der Waals surface area contributed by atoms with Crippen LogP contribution in [0.4, 0.5) is 0 Å². The van der Waals surface area contributed by atoms with Crippen molar-refractivity contribution < 1.29 is 9.47 Å². The summed E-state index contributed by atoms with van der Waals surface area (Å²) in [7, 11) is 3.37. The highest BCUT2D eigenvalue weighted by molar-refractivity contribution is 5.40. The van der Waals surface area contributed by atoms with E-state index >= 15 is 0 Å². The molecule has 106 valence electrons. The minimum atomic E-state index is 0.831. The van der Waals surface area contributed by atoms with Crippen molar-refractivity contribution in [2.24, 2.45) is 0 Å². The molecule has 0 spiro atoms. The smallest absolute Gasteiger partial charge is 0.127 e. The number of likely N-dealkylation sites (tertiary alicyclic amines) is 1. The van der Waals surface area contributed by atoms with Gasteiger partial charge in [-0.2, -0.15) is 0 Å². The molecule has 1 fully saturated rings. The average molecular weight is 264 g/mol. The standard InChI is InChI=1S/C15H24N2O2/c1-18-14-6-5-13(15(11-14)19-2)12-16-7-10-17-8-3-4-9-17/h5-6,11,16H,3-4,7-10,12H2,1-2H3. The largest absolute Gasteiger partial charge is 0.497 e. The van der Waals surface area contributed by atoms with Gasteiger partial charge in [-0.25, -0.2) is 0 Å². The third-order valence-electron chi connectivity index (χ3n) is 3.61. The molecular weight excluding hydrogens is 240 g/mol. The SMILES string of the molecule is COc1ccc(CNCCN2CCCC2)c(OC)c1. The number of hydrogen-bond donors (Lipinski definition) is 1. The van der Waals surface area contributed by atoms with E-state index in [1.54, 1.807) is 14.2 Å².